The maximum Gasteiger partial charge on any atom is 0.332 e. The van der Waals surface area contributed by atoms with Crippen LogP contribution in [0.1, 0.15) is 18.3 Å². The van der Waals surface area contributed by atoms with Crippen molar-refractivity contribution in [2.75, 3.05) is 7.05 Å². The minimum absolute atomic E-state index is 0.248. The fraction of sp³-hybridized carbons (Fsp3) is 0.421. The Labute approximate surface area is 156 Å². The first-order valence-electron chi connectivity index (χ1n) is 8.98. The number of aliphatic hydroxyl groups is 1. The Morgan fingerprint density at radius 1 is 1.11 bits per heavy atom. The van der Waals surface area contributed by atoms with Crippen molar-refractivity contribution in [2.45, 2.75) is 32.7 Å². The summed E-state index contributed by atoms with van der Waals surface area (Å²) in [7, 11) is 5.11. The second-order valence-electron chi connectivity index (χ2n) is 7.16. The van der Waals surface area contributed by atoms with Crippen LogP contribution in [0.15, 0.2) is 39.9 Å². The second-order valence-corrected chi connectivity index (χ2v) is 7.16. The number of aromatic nitrogens is 4. The number of imidazole rings is 1. The lowest BCUT2D eigenvalue weighted by Gasteiger charge is -2.16. The number of quaternary nitrogens is 1. The fourth-order valence-corrected chi connectivity index (χ4v) is 3.36. The molecule has 0 spiro atoms. The van der Waals surface area contributed by atoms with Gasteiger partial charge in [-0.2, -0.15) is 0 Å². The van der Waals surface area contributed by atoms with Crippen molar-refractivity contribution in [2.24, 2.45) is 14.1 Å². The average molecular weight is 372 g/mol. The Hall–Kier alpha value is -2.71. The standard InChI is InChI=1S/C19H25N5O3/c1-13(25)10-24-15(12-21(2)11-14-8-6-5-7-9-14)20-17-16(24)18(26)23(4)19(27)22(17)3/h5-9,13,25H,10-12H2,1-4H3/p+1/t13-/m1/s1. The fourth-order valence-electron chi connectivity index (χ4n) is 3.36. The van der Waals surface area contributed by atoms with Crippen molar-refractivity contribution in [1.82, 2.24) is 18.7 Å². The van der Waals surface area contributed by atoms with Gasteiger partial charge in [0.2, 0.25) is 0 Å². The third-order valence-electron chi connectivity index (χ3n) is 4.68. The first kappa shape index (κ1) is 19.1. The molecule has 0 radical (unpaired) electrons. The summed E-state index contributed by atoms with van der Waals surface area (Å²) in [6, 6.07) is 10.1. The highest BCUT2D eigenvalue weighted by molar-refractivity contribution is 5.71. The Balaban J connectivity index is 2.06. The van der Waals surface area contributed by atoms with E-state index >= 15 is 0 Å². The molecule has 27 heavy (non-hydrogen) atoms. The van der Waals surface area contributed by atoms with Crippen LogP contribution in [-0.4, -0.2) is 36.9 Å². The van der Waals surface area contributed by atoms with E-state index in [0.717, 1.165) is 11.1 Å². The van der Waals surface area contributed by atoms with Crippen LogP contribution in [0.5, 0.6) is 0 Å². The molecule has 2 aromatic heterocycles. The summed E-state index contributed by atoms with van der Waals surface area (Å²) in [5.41, 5.74) is 1.10. The van der Waals surface area contributed by atoms with Crippen molar-refractivity contribution in [3.63, 3.8) is 0 Å². The van der Waals surface area contributed by atoms with E-state index in [1.165, 1.54) is 22.1 Å². The van der Waals surface area contributed by atoms with Crippen LogP contribution in [0.3, 0.4) is 0 Å². The normalized spacial score (nSPS) is 13.8. The molecule has 144 valence electrons. The molecule has 2 atom stereocenters. The van der Waals surface area contributed by atoms with Crippen LogP contribution in [0.2, 0.25) is 0 Å². The van der Waals surface area contributed by atoms with Gasteiger partial charge in [0.25, 0.3) is 5.56 Å². The lowest BCUT2D eigenvalue weighted by atomic mass is 10.2. The van der Waals surface area contributed by atoms with Gasteiger partial charge in [-0.3, -0.25) is 13.9 Å². The number of fused-ring (bicyclic) bond motifs is 1. The van der Waals surface area contributed by atoms with E-state index in [0.29, 0.717) is 23.5 Å². The Bertz CT molecular complexity index is 1060. The lowest BCUT2D eigenvalue weighted by Crippen LogP contribution is -3.06. The minimum Gasteiger partial charge on any atom is -0.392 e. The van der Waals surface area contributed by atoms with E-state index in [4.69, 9.17) is 0 Å². The first-order valence-corrected chi connectivity index (χ1v) is 8.98. The Kier molecular flexibility index (Phi) is 5.29. The average Bonchev–Trinajstić information content (AvgIpc) is 2.96. The molecule has 0 amide bonds. The van der Waals surface area contributed by atoms with Gasteiger partial charge in [-0.05, 0) is 6.92 Å². The van der Waals surface area contributed by atoms with Crippen molar-refractivity contribution in [1.29, 1.82) is 0 Å². The van der Waals surface area contributed by atoms with Crippen LogP contribution in [0.4, 0.5) is 0 Å². The molecule has 2 N–H and O–H groups in total. The van der Waals surface area contributed by atoms with Gasteiger partial charge in [-0.15, -0.1) is 0 Å². The highest BCUT2D eigenvalue weighted by Crippen LogP contribution is 2.11. The monoisotopic (exact) mass is 372 g/mol. The van der Waals surface area contributed by atoms with Gasteiger partial charge >= 0.3 is 5.69 Å². The van der Waals surface area contributed by atoms with Gasteiger partial charge in [-0.1, -0.05) is 30.3 Å². The van der Waals surface area contributed by atoms with Gasteiger partial charge in [-0.25, -0.2) is 9.78 Å². The molecule has 1 unspecified atom stereocenters. The summed E-state index contributed by atoms with van der Waals surface area (Å²) in [5.74, 6) is 0.678. The molecular weight excluding hydrogens is 346 g/mol. The van der Waals surface area contributed by atoms with E-state index in [-0.39, 0.29) is 6.54 Å². The second kappa shape index (κ2) is 7.50. The van der Waals surface area contributed by atoms with Crippen molar-refractivity contribution < 1.29 is 10.0 Å². The van der Waals surface area contributed by atoms with Gasteiger partial charge in [0.1, 0.15) is 13.1 Å². The van der Waals surface area contributed by atoms with E-state index in [2.05, 4.69) is 24.2 Å². The first-order chi connectivity index (χ1) is 12.8. The van der Waals surface area contributed by atoms with Crippen molar-refractivity contribution in [3.05, 3.63) is 62.6 Å². The van der Waals surface area contributed by atoms with Crippen molar-refractivity contribution >= 4 is 11.2 Å². The molecule has 0 aliphatic heterocycles. The zero-order chi connectivity index (χ0) is 19.7. The van der Waals surface area contributed by atoms with Crippen molar-refractivity contribution in [3.8, 4) is 0 Å². The molecule has 0 saturated heterocycles. The number of nitrogens with zero attached hydrogens (tertiary/aromatic N) is 4. The van der Waals surface area contributed by atoms with E-state index in [1.807, 2.05) is 18.2 Å². The number of nitrogens with one attached hydrogen (secondary N) is 1. The van der Waals surface area contributed by atoms with Crippen LogP contribution in [-0.2, 0) is 33.7 Å². The van der Waals surface area contributed by atoms with Gasteiger partial charge < -0.3 is 14.6 Å². The molecule has 8 nitrogen and oxygen atoms in total. The third-order valence-corrected chi connectivity index (χ3v) is 4.68. The molecule has 0 aliphatic rings. The Morgan fingerprint density at radius 2 is 1.78 bits per heavy atom. The Morgan fingerprint density at radius 3 is 2.41 bits per heavy atom. The summed E-state index contributed by atoms with van der Waals surface area (Å²) in [5, 5.41) is 9.93. The lowest BCUT2D eigenvalue weighted by molar-refractivity contribution is -0.908. The smallest absolute Gasteiger partial charge is 0.332 e. The molecular formula is C19H26N5O3+. The largest absolute Gasteiger partial charge is 0.392 e. The summed E-state index contributed by atoms with van der Waals surface area (Å²) in [4.78, 5) is 30.7. The predicted molar refractivity (Wildman–Crippen MR) is 103 cm³/mol. The number of aryl methyl sites for hydroxylation is 1. The number of rotatable bonds is 6. The quantitative estimate of drug-likeness (QED) is 0.583. The summed E-state index contributed by atoms with van der Waals surface area (Å²) >= 11 is 0. The maximum absolute atomic E-state index is 12.7. The zero-order valence-corrected chi connectivity index (χ0v) is 16.1. The molecule has 1 aromatic carbocycles. The highest BCUT2D eigenvalue weighted by atomic mass is 16.3. The van der Waals surface area contributed by atoms with Crippen LogP contribution >= 0.6 is 0 Å². The molecule has 2 heterocycles. The van der Waals surface area contributed by atoms with Crippen LogP contribution in [0, 0.1) is 0 Å². The highest BCUT2D eigenvalue weighted by Gasteiger charge is 2.22. The number of aliphatic hydroxyl groups excluding tert-OH is 1. The van der Waals surface area contributed by atoms with Gasteiger partial charge in [0.15, 0.2) is 17.0 Å². The van der Waals surface area contributed by atoms with Crippen LogP contribution < -0.4 is 16.1 Å². The molecule has 0 fully saturated rings. The molecule has 0 bridgehead atoms. The van der Waals surface area contributed by atoms with Crippen LogP contribution in [0.25, 0.3) is 11.2 Å². The zero-order valence-electron chi connectivity index (χ0n) is 16.1. The summed E-state index contributed by atoms with van der Waals surface area (Å²) in [6.45, 7) is 3.28. The third kappa shape index (κ3) is 3.72. The maximum atomic E-state index is 12.7. The number of hydrogen-bond donors (Lipinski definition) is 2. The van der Waals surface area contributed by atoms with Gasteiger partial charge in [0.05, 0.1) is 19.7 Å². The topological polar surface area (TPSA) is 86.5 Å². The summed E-state index contributed by atoms with van der Waals surface area (Å²) < 4.78 is 4.20. The van der Waals surface area contributed by atoms with E-state index in [1.54, 1.807) is 18.5 Å². The molecule has 3 aromatic rings. The number of hydrogen-bond acceptors (Lipinski definition) is 4. The SMILES string of the molecule is C[C@@H](O)Cn1c(C[NH+](C)Cc2ccccc2)nc2c1c(=O)n(C)c(=O)n2C. The molecule has 0 saturated carbocycles. The predicted octanol–water partition coefficient (Wildman–Crippen LogP) is -0.971. The van der Waals surface area contributed by atoms with E-state index in [9.17, 15) is 14.7 Å². The van der Waals surface area contributed by atoms with Gasteiger partial charge in [0, 0.05) is 19.7 Å². The molecule has 8 heteroatoms. The summed E-state index contributed by atoms with van der Waals surface area (Å²) in [6.07, 6.45) is -0.641. The molecule has 0 aliphatic carbocycles. The molecule has 3 rings (SSSR count). The van der Waals surface area contributed by atoms with E-state index < -0.39 is 17.4 Å². The minimum atomic E-state index is -0.641. The number of benzene rings is 1.